The van der Waals surface area contributed by atoms with E-state index < -0.39 is 0 Å². The molecular formula is C24H18Cl3NO. The fourth-order valence-corrected chi connectivity index (χ4v) is 3.87. The lowest BCUT2D eigenvalue weighted by molar-refractivity contribution is 0.304. The molecule has 0 radical (unpaired) electrons. The fourth-order valence-electron chi connectivity index (χ4n) is 3.22. The first kappa shape index (κ1) is 19.9. The smallest absolute Gasteiger partial charge is 0.125 e. The molecule has 4 rings (SSSR count). The van der Waals surface area contributed by atoms with Gasteiger partial charge in [0.05, 0.1) is 0 Å². The summed E-state index contributed by atoms with van der Waals surface area (Å²) in [5.41, 5.74) is 3.00. The molecule has 0 unspecified atom stereocenters. The van der Waals surface area contributed by atoms with Gasteiger partial charge in [-0.2, -0.15) is 0 Å². The highest BCUT2D eigenvalue weighted by molar-refractivity contribution is 6.35. The number of rotatable bonds is 6. The maximum absolute atomic E-state index is 6.17. The van der Waals surface area contributed by atoms with Crippen molar-refractivity contribution in [3.63, 3.8) is 0 Å². The van der Waals surface area contributed by atoms with Crippen LogP contribution in [0.3, 0.4) is 0 Å². The monoisotopic (exact) mass is 441 g/mol. The Kier molecular flexibility index (Phi) is 6.15. The van der Waals surface area contributed by atoms with Crippen LogP contribution in [0.5, 0.6) is 5.75 Å². The number of ether oxygens (including phenoxy) is 1. The molecule has 5 heteroatoms. The van der Waals surface area contributed by atoms with E-state index in [0.29, 0.717) is 28.2 Å². The predicted octanol–water partition coefficient (Wildman–Crippen LogP) is 7.99. The molecule has 0 heterocycles. The van der Waals surface area contributed by atoms with E-state index in [1.54, 1.807) is 6.07 Å². The van der Waals surface area contributed by atoms with Crippen molar-refractivity contribution in [2.75, 3.05) is 5.32 Å². The lowest BCUT2D eigenvalue weighted by Gasteiger charge is -2.16. The molecule has 0 bridgehead atoms. The van der Waals surface area contributed by atoms with E-state index in [9.17, 15) is 0 Å². The zero-order valence-electron chi connectivity index (χ0n) is 15.5. The maximum atomic E-state index is 6.17. The molecule has 0 aliphatic heterocycles. The topological polar surface area (TPSA) is 21.3 Å². The normalized spacial score (nSPS) is 10.9. The van der Waals surface area contributed by atoms with Crippen LogP contribution in [0, 0.1) is 0 Å². The van der Waals surface area contributed by atoms with E-state index >= 15 is 0 Å². The molecule has 146 valence electrons. The lowest BCUT2D eigenvalue weighted by Crippen LogP contribution is -2.05. The zero-order chi connectivity index (χ0) is 20.2. The zero-order valence-corrected chi connectivity index (χ0v) is 17.7. The first-order valence-electron chi connectivity index (χ1n) is 9.16. The maximum Gasteiger partial charge on any atom is 0.125 e. The number of halogens is 3. The molecule has 0 aliphatic rings. The Morgan fingerprint density at radius 2 is 1.45 bits per heavy atom. The highest BCUT2D eigenvalue weighted by Crippen LogP contribution is 2.30. The first-order valence-corrected chi connectivity index (χ1v) is 10.3. The minimum Gasteiger partial charge on any atom is -0.489 e. The molecule has 1 N–H and O–H groups in total. The molecule has 4 aromatic rings. The third-order valence-corrected chi connectivity index (χ3v) is 5.33. The standard InChI is InChI=1S/C24H18Cl3NO/c25-18-8-5-16(6-9-18)15-29-24-10-7-17-3-1-2-4-22(17)23(24)14-28-21-12-19(26)11-20(27)13-21/h1-13,28H,14-15H2. The Labute approximate surface area is 185 Å². The van der Waals surface area contributed by atoms with Crippen LogP contribution in [0.25, 0.3) is 10.8 Å². The van der Waals surface area contributed by atoms with Crippen LogP contribution in [0.1, 0.15) is 11.1 Å². The van der Waals surface area contributed by atoms with E-state index in [4.69, 9.17) is 39.5 Å². The van der Waals surface area contributed by atoms with Gasteiger partial charge in [-0.25, -0.2) is 0 Å². The first-order chi connectivity index (χ1) is 14.1. The third-order valence-electron chi connectivity index (χ3n) is 4.64. The molecule has 29 heavy (non-hydrogen) atoms. The van der Waals surface area contributed by atoms with Gasteiger partial charge in [-0.15, -0.1) is 0 Å². The molecule has 0 amide bonds. The van der Waals surface area contributed by atoms with Crippen molar-refractivity contribution in [2.24, 2.45) is 0 Å². The summed E-state index contributed by atoms with van der Waals surface area (Å²) in [6.45, 7) is 1.04. The summed E-state index contributed by atoms with van der Waals surface area (Å²) < 4.78 is 6.17. The molecule has 0 atom stereocenters. The van der Waals surface area contributed by atoms with Gasteiger partial charge in [0.25, 0.3) is 0 Å². The van der Waals surface area contributed by atoms with Gasteiger partial charge >= 0.3 is 0 Å². The summed E-state index contributed by atoms with van der Waals surface area (Å²) in [6.07, 6.45) is 0. The average molecular weight is 443 g/mol. The van der Waals surface area contributed by atoms with Crippen LogP contribution in [0.4, 0.5) is 5.69 Å². The van der Waals surface area contributed by atoms with Crippen molar-refractivity contribution in [1.82, 2.24) is 0 Å². The minimum atomic E-state index is 0.464. The van der Waals surface area contributed by atoms with Crippen molar-refractivity contribution in [1.29, 1.82) is 0 Å². The molecule has 0 aromatic heterocycles. The summed E-state index contributed by atoms with van der Waals surface area (Å²) in [5, 5.41) is 7.62. The molecule has 4 aromatic carbocycles. The van der Waals surface area contributed by atoms with E-state index in [0.717, 1.165) is 33.3 Å². The largest absolute Gasteiger partial charge is 0.489 e. The summed E-state index contributed by atoms with van der Waals surface area (Å²) in [7, 11) is 0. The van der Waals surface area contributed by atoms with Crippen molar-refractivity contribution in [3.8, 4) is 5.75 Å². The van der Waals surface area contributed by atoms with E-state index in [2.05, 4.69) is 23.5 Å². The van der Waals surface area contributed by atoms with Gasteiger partial charge in [-0.05, 0) is 52.7 Å². The molecule has 0 spiro atoms. The summed E-state index contributed by atoms with van der Waals surface area (Å²) in [5.74, 6) is 0.833. The van der Waals surface area contributed by atoms with Gasteiger partial charge in [0.1, 0.15) is 12.4 Å². The van der Waals surface area contributed by atoms with Crippen LogP contribution < -0.4 is 10.1 Å². The number of benzene rings is 4. The second-order valence-electron chi connectivity index (χ2n) is 6.69. The molecule has 0 saturated heterocycles. The Balaban J connectivity index is 1.62. The summed E-state index contributed by atoms with van der Waals surface area (Å²) in [6, 6.07) is 25.4. The molecule has 0 saturated carbocycles. The summed E-state index contributed by atoms with van der Waals surface area (Å²) in [4.78, 5) is 0. The number of nitrogens with one attached hydrogen (secondary N) is 1. The molecular weight excluding hydrogens is 425 g/mol. The quantitative estimate of drug-likeness (QED) is 0.327. The van der Waals surface area contributed by atoms with Crippen LogP contribution in [0.15, 0.2) is 78.9 Å². The van der Waals surface area contributed by atoms with Crippen molar-refractivity contribution in [3.05, 3.63) is 105 Å². The van der Waals surface area contributed by atoms with Crippen LogP contribution in [0.2, 0.25) is 15.1 Å². The van der Waals surface area contributed by atoms with Gasteiger partial charge in [-0.1, -0.05) is 77.3 Å². The average Bonchev–Trinajstić information content (AvgIpc) is 2.71. The number of hydrogen-bond donors (Lipinski definition) is 1. The third kappa shape index (κ3) is 4.97. The Hall–Kier alpha value is -2.39. The Bertz CT molecular complexity index is 1120. The van der Waals surface area contributed by atoms with Gasteiger partial charge < -0.3 is 10.1 Å². The van der Waals surface area contributed by atoms with Gasteiger partial charge in [0.15, 0.2) is 0 Å². The van der Waals surface area contributed by atoms with Gasteiger partial charge in [0, 0.05) is 32.9 Å². The number of fused-ring (bicyclic) bond motifs is 1. The highest BCUT2D eigenvalue weighted by atomic mass is 35.5. The van der Waals surface area contributed by atoms with Gasteiger partial charge in [-0.3, -0.25) is 0 Å². The SMILES string of the molecule is Clc1ccc(COc2ccc3ccccc3c2CNc2cc(Cl)cc(Cl)c2)cc1. The lowest BCUT2D eigenvalue weighted by atomic mass is 10.0. The Morgan fingerprint density at radius 3 is 2.21 bits per heavy atom. The van der Waals surface area contributed by atoms with Crippen molar-refractivity contribution >= 4 is 51.3 Å². The molecule has 0 fully saturated rings. The van der Waals surface area contributed by atoms with E-state index in [-0.39, 0.29) is 0 Å². The second kappa shape index (κ2) is 8.96. The number of hydrogen-bond acceptors (Lipinski definition) is 2. The van der Waals surface area contributed by atoms with E-state index in [1.807, 2.05) is 54.6 Å². The molecule has 0 aliphatic carbocycles. The molecule has 2 nitrogen and oxygen atoms in total. The predicted molar refractivity (Wildman–Crippen MR) is 124 cm³/mol. The van der Waals surface area contributed by atoms with Crippen LogP contribution in [-0.2, 0) is 13.2 Å². The summed E-state index contributed by atoms with van der Waals surface area (Å²) >= 11 is 18.2. The van der Waals surface area contributed by atoms with E-state index in [1.165, 1.54) is 0 Å². The highest BCUT2D eigenvalue weighted by Gasteiger charge is 2.10. The van der Waals surface area contributed by atoms with Crippen molar-refractivity contribution in [2.45, 2.75) is 13.2 Å². The van der Waals surface area contributed by atoms with Gasteiger partial charge in [0.2, 0.25) is 0 Å². The van der Waals surface area contributed by atoms with Crippen LogP contribution in [-0.4, -0.2) is 0 Å². The van der Waals surface area contributed by atoms with Crippen molar-refractivity contribution < 1.29 is 4.74 Å². The Morgan fingerprint density at radius 1 is 0.724 bits per heavy atom. The number of anilines is 1. The second-order valence-corrected chi connectivity index (χ2v) is 8.00. The van der Waals surface area contributed by atoms with Crippen LogP contribution >= 0.6 is 34.8 Å². The minimum absolute atomic E-state index is 0.464. The fraction of sp³-hybridized carbons (Fsp3) is 0.0833.